The fourth-order valence-electron chi connectivity index (χ4n) is 2.41. The van der Waals surface area contributed by atoms with Crippen molar-refractivity contribution in [2.75, 3.05) is 20.7 Å². The fourth-order valence-corrected chi connectivity index (χ4v) is 2.74. The largest absolute Gasteiger partial charge is 0.507 e. The Hall–Kier alpha value is -1.53. The van der Waals surface area contributed by atoms with Crippen LogP contribution in [-0.2, 0) is 18.3 Å². The van der Waals surface area contributed by atoms with Gasteiger partial charge in [0.15, 0.2) is 0 Å². The number of phenols is 1. The first-order valence-electron chi connectivity index (χ1n) is 6.68. The van der Waals surface area contributed by atoms with Crippen molar-refractivity contribution < 1.29 is 14.6 Å². The van der Waals surface area contributed by atoms with Gasteiger partial charge in [-0.2, -0.15) is 0 Å². The zero-order valence-electron chi connectivity index (χ0n) is 12.6. The number of hydrogen-bond acceptors (Lipinski definition) is 4. The second kappa shape index (κ2) is 6.07. The van der Waals surface area contributed by atoms with Crippen LogP contribution in [0.5, 0.6) is 5.75 Å². The van der Waals surface area contributed by atoms with E-state index in [4.69, 9.17) is 4.74 Å². The van der Waals surface area contributed by atoms with Crippen LogP contribution in [0.4, 0.5) is 0 Å². The molecule has 21 heavy (non-hydrogen) atoms. The van der Waals surface area contributed by atoms with Gasteiger partial charge in [0.05, 0.1) is 22.2 Å². The molecule has 0 atom stereocenters. The zero-order valence-corrected chi connectivity index (χ0v) is 14.2. The molecular formula is C15H19BrN2O3. The Morgan fingerprint density at radius 3 is 2.67 bits per heavy atom. The maximum atomic E-state index is 12.3. The Bertz CT molecular complexity index is 692. The minimum atomic E-state index is -0.360. The van der Waals surface area contributed by atoms with Gasteiger partial charge in [-0.1, -0.05) is 0 Å². The standard InChI is InChI=1S/C15H19BrN2O3/c1-5-21-15(20)14-9-6-13(19)10(16)7-11(9)18(4)12(14)8-17(2)3/h6-7,19H,5,8H2,1-4H3. The van der Waals surface area contributed by atoms with Crippen LogP contribution in [0.25, 0.3) is 10.9 Å². The van der Waals surface area contributed by atoms with Crippen LogP contribution < -0.4 is 0 Å². The predicted molar refractivity (Wildman–Crippen MR) is 85.6 cm³/mol. The summed E-state index contributed by atoms with van der Waals surface area (Å²) in [7, 11) is 5.80. The molecule has 2 aromatic rings. The number of aromatic nitrogens is 1. The number of carbonyl (C=O) groups is 1. The SMILES string of the molecule is CCOC(=O)c1c(CN(C)C)n(C)c2cc(Br)c(O)cc12. The first-order valence-corrected chi connectivity index (χ1v) is 7.47. The quantitative estimate of drug-likeness (QED) is 0.857. The molecule has 1 N–H and O–H groups in total. The van der Waals surface area contributed by atoms with Gasteiger partial charge in [0, 0.05) is 24.7 Å². The lowest BCUT2D eigenvalue weighted by Crippen LogP contribution is -2.17. The van der Waals surface area contributed by atoms with E-state index in [0.29, 0.717) is 28.6 Å². The molecule has 114 valence electrons. The van der Waals surface area contributed by atoms with E-state index in [-0.39, 0.29) is 11.7 Å². The van der Waals surface area contributed by atoms with Crippen molar-refractivity contribution in [3.05, 3.63) is 27.9 Å². The molecule has 5 nitrogen and oxygen atoms in total. The normalized spacial score (nSPS) is 11.3. The van der Waals surface area contributed by atoms with Crippen molar-refractivity contribution in [2.24, 2.45) is 7.05 Å². The Morgan fingerprint density at radius 1 is 1.43 bits per heavy atom. The van der Waals surface area contributed by atoms with Crippen molar-refractivity contribution in [2.45, 2.75) is 13.5 Å². The van der Waals surface area contributed by atoms with Crippen molar-refractivity contribution in [3.8, 4) is 5.75 Å². The number of phenolic OH excluding ortho intramolecular Hbond substituents is 1. The number of rotatable bonds is 4. The molecule has 1 aromatic carbocycles. The van der Waals surface area contributed by atoms with Gasteiger partial charge in [-0.3, -0.25) is 0 Å². The number of hydrogen-bond donors (Lipinski definition) is 1. The number of nitrogens with zero attached hydrogens (tertiary/aromatic N) is 2. The molecule has 0 spiro atoms. The number of benzene rings is 1. The summed E-state index contributed by atoms with van der Waals surface area (Å²) in [5.41, 5.74) is 2.26. The number of carbonyl (C=O) groups excluding carboxylic acids is 1. The molecule has 0 saturated heterocycles. The number of aromatic hydroxyl groups is 1. The lowest BCUT2D eigenvalue weighted by Gasteiger charge is -2.13. The number of esters is 1. The highest BCUT2D eigenvalue weighted by Gasteiger charge is 2.23. The highest BCUT2D eigenvalue weighted by molar-refractivity contribution is 9.10. The van der Waals surface area contributed by atoms with Crippen LogP contribution in [-0.4, -0.2) is 41.2 Å². The predicted octanol–water partition coefficient (Wildman–Crippen LogP) is 2.88. The van der Waals surface area contributed by atoms with Crippen LogP contribution >= 0.6 is 15.9 Å². The summed E-state index contributed by atoms with van der Waals surface area (Å²) >= 11 is 3.31. The summed E-state index contributed by atoms with van der Waals surface area (Å²) < 4.78 is 7.74. The van der Waals surface area contributed by atoms with E-state index in [0.717, 1.165) is 11.2 Å². The average molecular weight is 355 g/mol. The second-order valence-electron chi connectivity index (χ2n) is 5.16. The third-order valence-electron chi connectivity index (χ3n) is 3.33. The minimum absolute atomic E-state index is 0.107. The van der Waals surface area contributed by atoms with Gasteiger partial charge >= 0.3 is 5.97 Å². The average Bonchev–Trinajstić information content (AvgIpc) is 2.64. The van der Waals surface area contributed by atoms with Crippen LogP contribution in [0.1, 0.15) is 23.0 Å². The molecule has 0 bridgehead atoms. The Morgan fingerprint density at radius 2 is 2.10 bits per heavy atom. The Labute approximate surface area is 132 Å². The van der Waals surface area contributed by atoms with Crippen LogP contribution in [0, 0.1) is 0 Å². The summed E-state index contributed by atoms with van der Waals surface area (Å²) in [5, 5.41) is 10.6. The number of ether oxygens (including phenoxy) is 1. The molecule has 0 unspecified atom stereocenters. The van der Waals surface area contributed by atoms with Gasteiger partial charge in [-0.15, -0.1) is 0 Å². The van der Waals surface area contributed by atoms with Crippen molar-refractivity contribution in [1.82, 2.24) is 9.47 Å². The van der Waals surface area contributed by atoms with Gasteiger partial charge in [-0.25, -0.2) is 4.79 Å². The van der Waals surface area contributed by atoms with Crippen molar-refractivity contribution >= 4 is 32.8 Å². The van der Waals surface area contributed by atoms with Crippen LogP contribution in [0.15, 0.2) is 16.6 Å². The van der Waals surface area contributed by atoms with E-state index in [1.54, 1.807) is 13.0 Å². The van der Waals surface area contributed by atoms with Crippen LogP contribution in [0.3, 0.4) is 0 Å². The number of fused-ring (bicyclic) bond motifs is 1. The molecule has 0 saturated carbocycles. The maximum Gasteiger partial charge on any atom is 0.340 e. The maximum absolute atomic E-state index is 12.3. The molecule has 1 aromatic heterocycles. The van der Waals surface area contributed by atoms with Gasteiger partial charge in [0.1, 0.15) is 5.75 Å². The summed E-state index contributed by atoms with van der Waals surface area (Å²) in [4.78, 5) is 14.3. The lowest BCUT2D eigenvalue weighted by molar-refractivity contribution is 0.0526. The Kier molecular flexibility index (Phi) is 4.58. The van der Waals surface area contributed by atoms with E-state index in [2.05, 4.69) is 15.9 Å². The molecule has 0 aliphatic carbocycles. The molecule has 0 fully saturated rings. The monoisotopic (exact) mass is 354 g/mol. The van der Waals surface area contributed by atoms with E-state index in [1.807, 2.05) is 36.7 Å². The van der Waals surface area contributed by atoms with Crippen molar-refractivity contribution in [1.29, 1.82) is 0 Å². The summed E-state index contributed by atoms with van der Waals surface area (Å²) in [6.45, 7) is 2.71. The van der Waals surface area contributed by atoms with Crippen molar-refractivity contribution in [3.63, 3.8) is 0 Å². The smallest absolute Gasteiger partial charge is 0.340 e. The Balaban J connectivity index is 2.76. The molecule has 0 aliphatic heterocycles. The summed E-state index contributed by atoms with van der Waals surface area (Å²) in [6.07, 6.45) is 0. The van der Waals surface area contributed by atoms with Gasteiger partial charge < -0.3 is 19.3 Å². The zero-order chi connectivity index (χ0) is 15.7. The van der Waals surface area contributed by atoms with Gasteiger partial charge in [-0.05, 0) is 49.1 Å². The first-order chi connectivity index (χ1) is 9.86. The number of halogens is 1. The molecular weight excluding hydrogens is 336 g/mol. The fraction of sp³-hybridized carbons (Fsp3) is 0.400. The van der Waals surface area contributed by atoms with Crippen LogP contribution in [0.2, 0.25) is 0 Å². The van der Waals surface area contributed by atoms with Gasteiger partial charge in [0.25, 0.3) is 0 Å². The molecule has 2 rings (SSSR count). The third kappa shape index (κ3) is 2.91. The molecule has 0 radical (unpaired) electrons. The van der Waals surface area contributed by atoms with Gasteiger partial charge in [0.2, 0.25) is 0 Å². The molecule has 0 aliphatic rings. The lowest BCUT2D eigenvalue weighted by atomic mass is 10.1. The minimum Gasteiger partial charge on any atom is -0.507 e. The second-order valence-corrected chi connectivity index (χ2v) is 6.01. The summed E-state index contributed by atoms with van der Waals surface area (Å²) in [6, 6.07) is 3.41. The van der Waals surface area contributed by atoms with E-state index >= 15 is 0 Å². The highest BCUT2D eigenvalue weighted by Crippen LogP contribution is 2.34. The summed E-state index contributed by atoms with van der Waals surface area (Å²) in [5.74, 6) is -0.253. The molecule has 6 heteroatoms. The van der Waals surface area contributed by atoms with E-state index < -0.39 is 0 Å². The molecule has 1 heterocycles. The topological polar surface area (TPSA) is 54.7 Å². The number of aryl methyl sites for hydroxylation is 1. The first kappa shape index (κ1) is 15.9. The third-order valence-corrected chi connectivity index (χ3v) is 3.97. The highest BCUT2D eigenvalue weighted by atomic mass is 79.9. The molecule has 0 amide bonds. The van der Waals surface area contributed by atoms with E-state index in [1.165, 1.54) is 0 Å². The van der Waals surface area contributed by atoms with E-state index in [9.17, 15) is 9.90 Å².